The molecule has 0 spiro atoms. The van der Waals surface area contributed by atoms with Gasteiger partial charge in [-0.3, -0.25) is 4.79 Å². The van der Waals surface area contributed by atoms with E-state index in [9.17, 15) is 4.79 Å². The van der Waals surface area contributed by atoms with Crippen molar-refractivity contribution in [1.29, 1.82) is 5.26 Å². The molecule has 1 aliphatic carbocycles. The van der Waals surface area contributed by atoms with E-state index in [1.54, 1.807) is 6.92 Å². The number of carbonyl (C=O) groups is 1. The van der Waals surface area contributed by atoms with E-state index < -0.39 is 0 Å². The molecule has 0 heterocycles. The van der Waals surface area contributed by atoms with E-state index in [0.29, 0.717) is 5.92 Å². The van der Waals surface area contributed by atoms with Crippen molar-refractivity contribution >= 4 is 16.9 Å². The van der Waals surface area contributed by atoms with Crippen LogP contribution < -0.4 is 0 Å². The molecule has 1 saturated carbocycles. The molecular formula is C9H13NOS. The molecule has 0 saturated heterocycles. The highest BCUT2D eigenvalue weighted by molar-refractivity contribution is 8.13. The Bertz CT molecular complexity index is 225. The molecule has 0 radical (unpaired) electrons. The van der Waals surface area contributed by atoms with E-state index in [2.05, 4.69) is 6.07 Å². The molecule has 0 unspecified atom stereocenters. The molecule has 1 fully saturated rings. The van der Waals surface area contributed by atoms with Crippen LogP contribution in [-0.2, 0) is 4.79 Å². The van der Waals surface area contributed by atoms with Crippen LogP contribution in [0.3, 0.4) is 0 Å². The van der Waals surface area contributed by atoms with Crippen LogP contribution in [0.4, 0.5) is 0 Å². The van der Waals surface area contributed by atoms with Gasteiger partial charge in [-0.15, -0.1) is 0 Å². The van der Waals surface area contributed by atoms with Crippen molar-refractivity contribution in [2.75, 3.05) is 5.75 Å². The highest BCUT2D eigenvalue weighted by Crippen LogP contribution is 2.45. The summed E-state index contributed by atoms with van der Waals surface area (Å²) >= 11 is 1.38. The number of hydrogen-bond donors (Lipinski definition) is 0. The molecule has 0 aromatic rings. The largest absolute Gasteiger partial charge is 0.288 e. The highest BCUT2D eigenvalue weighted by atomic mass is 32.2. The minimum Gasteiger partial charge on any atom is -0.288 e. The number of thioether (sulfide) groups is 1. The summed E-state index contributed by atoms with van der Waals surface area (Å²) in [6.07, 6.45) is 1.92. The van der Waals surface area contributed by atoms with Crippen LogP contribution in [0.2, 0.25) is 0 Å². The van der Waals surface area contributed by atoms with E-state index in [1.165, 1.54) is 11.8 Å². The maximum absolute atomic E-state index is 10.6. The van der Waals surface area contributed by atoms with Crippen LogP contribution >= 0.6 is 11.8 Å². The number of rotatable bonds is 2. The van der Waals surface area contributed by atoms with E-state index in [1.807, 2.05) is 6.92 Å². The van der Waals surface area contributed by atoms with Gasteiger partial charge in [0.15, 0.2) is 5.12 Å². The van der Waals surface area contributed by atoms with Gasteiger partial charge in [-0.05, 0) is 25.7 Å². The Morgan fingerprint density at radius 3 is 2.75 bits per heavy atom. The summed E-state index contributed by atoms with van der Waals surface area (Å²) in [5.74, 6) is 1.48. The van der Waals surface area contributed by atoms with Crippen molar-refractivity contribution in [3.05, 3.63) is 0 Å². The highest BCUT2D eigenvalue weighted by Gasteiger charge is 2.40. The van der Waals surface area contributed by atoms with Gasteiger partial charge in [0.2, 0.25) is 0 Å². The van der Waals surface area contributed by atoms with Gasteiger partial charge >= 0.3 is 0 Å². The number of nitrogens with zero attached hydrogens (tertiary/aromatic N) is 1. The predicted molar refractivity (Wildman–Crippen MR) is 49.6 cm³/mol. The van der Waals surface area contributed by atoms with Gasteiger partial charge in [0, 0.05) is 12.7 Å². The van der Waals surface area contributed by atoms with Crippen LogP contribution in [0.15, 0.2) is 0 Å². The second-order valence-electron chi connectivity index (χ2n) is 3.75. The lowest BCUT2D eigenvalue weighted by atomic mass is 9.65. The summed E-state index contributed by atoms with van der Waals surface area (Å²) < 4.78 is 0. The van der Waals surface area contributed by atoms with Crippen molar-refractivity contribution in [1.82, 2.24) is 0 Å². The molecule has 12 heavy (non-hydrogen) atoms. The molecule has 1 aliphatic rings. The van der Waals surface area contributed by atoms with Crippen LogP contribution in [0.5, 0.6) is 0 Å². The van der Waals surface area contributed by atoms with Gasteiger partial charge in [0.05, 0.1) is 11.5 Å². The average Bonchev–Trinajstić information content (AvgIpc) is 1.95. The fourth-order valence-electron chi connectivity index (χ4n) is 1.66. The van der Waals surface area contributed by atoms with Gasteiger partial charge < -0.3 is 0 Å². The first kappa shape index (κ1) is 9.60. The number of hydrogen-bond acceptors (Lipinski definition) is 3. The first-order valence-corrected chi connectivity index (χ1v) is 5.09. The molecule has 0 aliphatic heterocycles. The molecule has 1 rings (SSSR count). The Morgan fingerprint density at radius 1 is 1.75 bits per heavy atom. The SMILES string of the molecule is CC(=O)SCC1CC(C)(C#N)C1. The maximum Gasteiger partial charge on any atom is 0.185 e. The van der Waals surface area contributed by atoms with Crippen LogP contribution in [-0.4, -0.2) is 10.9 Å². The predicted octanol–water partition coefficient (Wildman–Crippen LogP) is 2.21. The lowest BCUT2D eigenvalue weighted by Gasteiger charge is -2.39. The van der Waals surface area contributed by atoms with Crippen molar-refractivity contribution in [2.45, 2.75) is 26.7 Å². The molecule has 2 nitrogen and oxygen atoms in total. The number of carbonyl (C=O) groups excluding carboxylic acids is 1. The third kappa shape index (κ3) is 2.25. The molecule has 0 atom stereocenters. The Balaban J connectivity index is 2.19. The second-order valence-corrected chi connectivity index (χ2v) is 4.95. The topological polar surface area (TPSA) is 40.9 Å². The van der Waals surface area contributed by atoms with Crippen LogP contribution in [0.25, 0.3) is 0 Å². The summed E-state index contributed by atoms with van der Waals surface area (Å²) in [5, 5.41) is 8.90. The Hall–Kier alpha value is -0.490. The summed E-state index contributed by atoms with van der Waals surface area (Å²) in [6.45, 7) is 3.58. The summed E-state index contributed by atoms with van der Waals surface area (Å²) in [4.78, 5) is 10.6. The fraction of sp³-hybridized carbons (Fsp3) is 0.778. The average molecular weight is 183 g/mol. The molecule has 0 aromatic carbocycles. The first-order chi connectivity index (χ1) is 5.56. The Kier molecular flexibility index (Phi) is 2.79. The van der Waals surface area contributed by atoms with Gasteiger partial charge in [0.1, 0.15) is 0 Å². The van der Waals surface area contributed by atoms with Crippen molar-refractivity contribution < 1.29 is 4.79 Å². The van der Waals surface area contributed by atoms with Crippen molar-refractivity contribution in [2.24, 2.45) is 11.3 Å². The quantitative estimate of drug-likeness (QED) is 0.659. The van der Waals surface area contributed by atoms with E-state index in [4.69, 9.17) is 5.26 Å². The Morgan fingerprint density at radius 2 is 2.33 bits per heavy atom. The summed E-state index contributed by atoms with van der Waals surface area (Å²) in [6, 6.07) is 2.30. The van der Waals surface area contributed by atoms with Crippen molar-refractivity contribution in [3.63, 3.8) is 0 Å². The smallest absolute Gasteiger partial charge is 0.185 e. The van der Waals surface area contributed by atoms with Crippen LogP contribution in [0, 0.1) is 22.7 Å². The molecule has 0 bridgehead atoms. The van der Waals surface area contributed by atoms with Gasteiger partial charge in [-0.1, -0.05) is 11.8 Å². The normalized spacial score (nSPS) is 33.6. The maximum atomic E-state index is 10.6. The zero-order chi connectivity index (χ0) is 9.19. The molecule has 3 heteroatoms. The second kappa shape index (κ2) is 3.49. The molecule has 0 amide bonds. The minimum atomic E-state index is -0.0952. The standard InChI is InChI=1S/C9H13NOS/c1-7(11)12-5-8-3-9(2,4-8)6-10/h8H,3-5H2,1-2H3. The first-order valence-electron chi connectivity index (χ1n) is 4.10. The van der Waals surface area contributed by atoms with Gasteiger partial charge in [-0.25, -0.2) is 0 Å². The van der Waals surface area contributed by atoms with E-state index in [0.717, 1.165) is 18.6 Å². The third-order valence-corrected chi connectivity index (χ3v) is 3.32. The molecular weight excluding hydrogens is 170 g/mol. The molecule has 0 aromatic heterocycles. The molecule has 66 valence electrons. The monoisotopic (exact) mass is 183 g/mol. The van der Waals surface area contributed by atoms with E-state index >= 15 is 0 Å². The van der Waals surface area contributed by atoms with Gasteiger partial charge in [0.25, 0.3) is 0 Å². The van der Waals surface area contributed by atoms with E-state index in [-0.39, 0.29) is 10.5 Å². The summed E-state index contributed by atoms with van der Waals surface area (Å²) in [5.41, 5.74) is -0.0952. The Labute approximate surface area is 77.3 Å². The zero-order valence-corrected chi connectivity index (χ0v) is 8.28. The minimum absolute atomic E-state index is 0.0952. The van der Waals surface area contributed by atoms with Gasteiger partial charge in [-0.2, -0.15) is 5.26 Å². The zero-order valence-electron chi connectivity index (χ0n) is 7.46. The lowest BCUT2D eigenvalue weighted by Crippen LogP contribution is -2.34. The molecule has 0 N–H and O–H groups in total. The third-order valence-electron chi connectivity index (χ3n) is 2.27. The number of nitriles is 1. The van der Waals surface area contributed by atoms with Crippen LogP contribution in [0.1, 0.15) is 26.7 Å². The lowest BCUT2D eigenvalue weighted by molar-refractivity contribution is -0.109. The fourth-order valence-corrected chi connectivity index (χ4v) is 2.36. The summed E-state index contributed by atoms with van der Waals surface area (Å²) in [7, 11) is 0. The van der Waals surface area contributed by atoms with Crippen molar-refractivity contribution in [3.8, 4) is 6.07 Å².